The number of ether oxygens (including phenoxy) is 2. The number of piperidine rings is 1. The second kappa shape index (κ2) is 9.57. The minimum atomic E-state index is -0.845. The van der Waals surface area contributed by atoms with E-state index in [1.165, 1.54) is 23.7 Å². The number of methoxy groups -OCH3 is 1. The molecule has 0 N–H and O–H groups in total. The Bertz CT molecular complexity index is 917. The molecule has 0 amide bonds. The number of hydrogen-bond donors (Lipinski definition) is 0. The zero-order chi connectivity index (χ0) is 22.6. The average molecular weight is 431 g/mol. The van der Waals surface area contributed by atoms with Crippen molar-refractivity contribution in [3.8, 4) is 5.69 Å². The largest absolute Gasteiger partial charge is 0.464 e. The number of carbonyl (C=O) groups is 1. The van der Waals surface area contributed by atoms with Crippen LogP contribution in [0.1, 0.15) is 56.1 Å². The first-order valence-corrected chi connectivity index (χ1v) is 10.5. The fourth-order valence-electron chi connectivity index (χ4n) is 3.99. The molecule has 2 aromatic rings. The SMILES string of the molecule is COC(=O)c1nn(-c2ccc(COCC3CCCCN3C(C)(C)C)cc2)cc1[N+](=O)[O-]. The standard InChI is InChI=1S/C22H30N4O5/c1-22(2,3)24-12-6-5-7-18(24)15-31-14-16-8-10-17(11-9-16)25-13-19(26(28)29)20(23-25)21(27)30-4/h8-11,13,18H,5-7,12,14-15H2,1-4H3. The third-order valence-electron chi connectivity index (χ3n) is 5.54. The molecule has 1 aromatic carbocycles. The van der Waals surface area contributed by atoms with Gasteiger partial charge in [0.2, 0.25) is 5.69 Å². The molecule has 0 bridgehead atoms. The van der Waals surface area contributed by atoms with E-state index in [0.29, 0.717) is 24.9 Å². The third-order valence-corrected chi connectivity index (χ3v) is 5.54. The van der Waals surface area contributed by atoms with Gasteiger partial charge >= 0.3 is 11.7 Å². The van der Waals surface area contributed by atoms with Crippen LogP contribution in [0.5, 0.6) is 0 Å². The molecule has 0 spiro atoms. The first kappa shape index (κ1) is 22.9. The summed E-state index contributed by atoms with van der Waals surface area (Å²) < 4.78 is 11.9. The van der Waals surface area contributed by atoms with Gasteiger partial charge in [0.1, 0.15) is 6.20 Å². The Morgan fingerprint density at radius 1 is 1.26 bits per heavy atom. The summed E-state index contributed by atoms with van der Waals surface area (Å²) in [7, 11) is 1.16. The highest BCUT2D eigenvalue weighted by atomic mass is 16.6. The molecule has 1 unspecified atom stereocenters. The number of likely N-dealkylation sites (tertiary alicyclic amines) is 1. The van der Waals surface area contributed by atoms with E-state index in [4.69, 9.17) is 4.74 Å². The quantitative estimate of drug-likeness (QED) is 0.375. The van der Waals surface area contributed by atoms with Crippen LogP contribution >= 0.6 is 0 Å². The number of aromatic nitrogens is 2. The molecular formula is C22H30N4O5. The molecule has 1 fully saturated rings. The van der Waals surface area contributed by atoms with Gasteiger partial charge in [-0.2, -0.15) is 5.10 Å². The molecule has 168 valence electrons. The van der Waals surface area contributed by atoms with Crippen molar-refractivity contribution in [1.29, 1.82) is 0 Å². The summed E-state index contributed by atoms with van der Waals surface area (Å²) in [5.74, 6) is -0.845. The van der Waals surface area contributed by atoms with E-state index in [-0.39, 0.29) is 11.2 Å². The van der Waals surface area contributed by atoms with Gasteiger partial charge in [-0.15, -0.1) is 0 Å². The summed E-state index contributed by atoms with van der Waals surface area (Å²) >= 11 is 0. The van der Waals surface area contributed by atoms with E-state index in [0.717, 1.165) is 25.6 Å². The van der Waals surface area contributed by atoms with Crippen molar-refractivity contribution >= 4 is 11.7 Å². The Labute approximate surface area is 182 Å². The van der Waals surface area contributed by atoms with Crippen LogP contribution in [0, 0.1) is 10.1 Å². The minimum Gasteiger partial charge on any atom is -0.464 e. The molecule has 2 heterocycles. The van der Waals surface area contributed by atoms with Crippen LogP contribution in [0.2, 0.25) is 0 Å². The molecule has 0 saturated carbocycles. The van der Waals surface area contributed by atoms with Crippen molar-refractivity contribution in [3.63, 3.8) is 0 Å². The number of nitro groups is 1. The van der Waals surface area contributed by atoms with Crippen LogP contribution in [0.4, 0.5) is 5.69 Å². The van der Waals surface area contributed by atoms with Crippen LogP contribution in [0.15, 0.2) is 30.5 Å². The van der Waals surface area contributed by atoms with Crippen molar-refractivity contribution in [3.05, 3.63) is 51.8 Å². The molecular weight excluding hydrogens is 400 g/mol. The van der Waals surface area contributed by atoms with Crippen molar-refractivity contribution < 1.29 is 19.2 Å². The summed E-state index contributed by atoms with van der Waals surface area (Å²) in [6, 6.07) is 7.79. The topological polar surface area (TPSA) is 99.7 Å². The van der Waals surface area contributed by atoms with Crippen LogP contribution < -0.4 is 0 Å². The van der Waals surface area contributed by atoms with Gasteiger partial charge < -0.3 is 9.47 Å². The lowest BCUT2D eigenvalue weighted by Crippen LogP contribution is -2.52. The maximum atomic E-state index is 11.7. The van der Waals surface area contributed by atoms with Gasteiger partial charge in [0.25, 0.3) is 0 Å². The Hall–Kier alpha value is -2.78. The minimum absolute atomic E-state index is 0.130. The number of carbonyl (C=O) groups excluding carboxylic acids is 1. The highest BCUT2D eigenvalue weighted by molar-refractivity contribution is 5.91. The summed E-state index contributed by atoms with van der Waals surface area (Å²) in [6.45, 7) is 9.02. The summed E-state index contributed by atoms with van der Waals surface area (Å²) in [4.78, 5) is 24.8. The molecule has 31 heavy (non-hydrogen) atoms. The van der Waals surface area contributed by atoms with Gasteiger partial charge in [-0.05, 0) is 57.9 Å². The Morgan fingerprint density at radius 3 is 2.58 bits per heavy atom. The second-order valence-electron chi connectivity index (χ2n) is 8.75. The number of nitrogens with zero attached hydrogens (tertiary/aromatic N) is 4. The molecule has 0 aliphatic carbocycles. The van der Waals surface area contributed by atoms with Crippen LogP contribution in [-0.4, -0.2) is 57.4 Å². The highest BCUT2D eigenvalue weighted by Crippen LogP contribution is 2.26. The molecule has 1 aromatic heterocycles. The summed E-state index contributed by atoms with van der Waals surface area (Å²) in [6.07, 6.45) is 4.83. The third kappa shape index (κ3) is 5.48. The fraction of sp³-hybridized carbons (Fsp3) is 0.545. The van der Waals surface area contributed by atoms with E-state index < -0.39 is 16.6 Å². The van der Waals surface area contributed by atoms with Crippen molar-refractivity contribution in [2.24, 2.45) is 0 Å². The Balaban J connectivity index is 1.63. The van der Waals surface area contributed by atoms with Gasteiger partial charge in [0.15, 0.2) is 0 Å². The molecule has 3 rings (SSSR count). The fourth-order valence-corrected chi connectivity index (χ4v) is 3.99. The molecule has 1 aliphatic rings. The molecule has 9 heteroatoms. The van der Waals surface area contributed by atoms with Crippen LogP contribution in [0.3, 0.4) is 0 Å². The molecule has 1 atom stereocenters. The van der Waals surface area contributed by atoms with E-state index in [9.17, 15) is 14.9 Å². The first-order valence-electron chi connectivity index (χ1n) is 10.5. The van der Waals surface area contributed by atoms with E-state index in [1.807, 2.05) is 12.1 Å². The molecule has 1 aliphatic heterocycles. The van der Waals surface area contributed by atoms with Crippen molar-refractivity contribution in [2.75, 3.05) is 20.3 Å². The highest BCUT2D eigenvalue weighted by Gasteiger charge is 2.31. The first-order chi connectivity index (χ1) is 14.7. The zero-order valence-corrected chi connectivity index (χ0v) is 18.5. The van der Waals surface area contributed by atoms with Gasteiger partial charge in [0.05, 0.1) is 30.9 Å². The molecule has 0 radical (unpaired) electrons. The lowest BCUT2D eigenvalue weighted by molar-refractivity contribution is -0.385. The smallest absolute Gasteiger partial charge is 0.365 e. The summed E-state index contributed by atoms with van der Waals surface area (Å²) in [5.41, 5.74) is 1.02. The van der Waals surface area contributed by atoms with E-state index in [1.54, 1.807) is 12.1 Å². The Kier molecular flexibility index (Phi) is 7.07. The lowest BCUT2D eigenvalue weighted by Gasteiger charge is -2.44. The van der Waals surface area contributed by atoms with Crippen LogP contribution in [0.25, 0.3) is 5.69 Å². The van der Waals surface area contributed by atoms with Gasteiger partial charge in [-0.1, -0.05) is 18.6 Å². The predicted octanol–water partition coefficient (Wildman–Crippen LogP) is 3.74. The molecule has 1 saturated heterocycles. The predicted molar refractivity (Wildman–Crippen MR) is 115 cm³/mol. The number of rotatable bonds is 7. The summed E-state index contributed by atoms with van der Waals surface area (Å²) in [5, 5.41) is 15.2. The monoisotopic (exact) mass is 430 g/mol. The van der Waals surface area contributed by atoms with Gasteiger partial charge in [-0.3, -0.25) is 15.0 Å². The van der Waals surface area contributed by atoms with Gasteiger partial charge in [-0.25, -0.2) is 9.48 Å². The van der Waals surface area contributed by atoms with Crippen molar-refractivity contribution in [2.45, 2.75) is 58.2 Å². The van der Waals surface area contributed by atoms with Crippen molar-refractivity contribution in [1.82, 2.24) is 14.7 Å². The number of benzene rings is 1. The Morgan fingerprint density at radius 2 is 1.97 bits per heavy atom. The van der Waals surface area contributed by atoms with E-state index >= 15 is 0 Å². The maximum Gasteiger partial charge on any atom is 0.365 e. The second-order valence-corrected chi connectivity index (χ2v) is 8.75. The number of hydrogen-bond acceptors (Lipinski definition) is 7. The van der Waals surface area contributed by atoms with Gasteiger partial charge in [0, 0.05) is 11.6 Å². The average Bonchev–Trinajstić information content (AvgIpc) is 3.19. The number of esters is 1. The van der Waals surface area contributed by atoms with Crippen LogP contribution in [-0.2, 0) is 16.1 Å². The van der Waals surface area contributed by atoms with E-state index in [2.05, 4.69) is 35.5 Å². The maximum absolute atomic E-state index is 11.7. The lowest BCUT2D eigenvalue weighted by atomic mass is 9.95. The normalized spacial score (nSPS) is 17.5. The zero-order valence-electron chi connectivity index (χ0n) is 18.5. The molecule has 9 nitrogen and oxygen atoms in total.